The van der Waals surface area contributed by atoms with Gasteiger partial charge >= 0.3 is 12.1 Å². The molecule has 3 N–H and O–H groups in total. The lowest BCUT2D eigenvalue weighted by Crippen LogP contribution is -2.37. The average molecular weight is 577 g/mol. The number of unbranched alkanes of at least 4 members (excludes halogenated alkanes) is 1. The highest BCUT2D eigenvalue weighted by molar-refractivity contribution is 5.76. The van der Waals surface area contributed by atoms with Gasteiger partial charge in [0.05, 0.1) is 6.61 Å². The Labute approximate surface area is 236 Å². The van der Waals surface area contributed by atoms with Gasteiger partial charge in [0.25, 0.3) is 0 Å². The van der Waals surface area contributed by atoms with Crippen molar-refractivity contribution in [3.8, 4) is 5.82 Å². The van der Waals surface area contributed by atoms with Crippen LogP contribution in [0.1, 0.15) is 36.9 Å². The van der Waals surface area contributed by atoms with Crippen LogP contribution >= 0.6 is 0 Å². The van der Waals surface area contributed by atoms with E-state index in [-0.39, 0.29) is 19.6 Å². The fourth-order valence-corrected chi connectivity index (χ4v) is 4.57. The number of ether oxygens (including phenoxy) is 1. The minimum absolute atomic E-state index is 0.109. The van der Waals surface area contributed by atoms with Gasteiger partial charge < -0.3 is 25.4 Å². The fraction of sp³-hybridized carbons (Fsp3) is 0.519. The molecule has 0 aromatic carbocycles. The second-order valence-corrected chi connectivity index (χ2v) is 9.84. The highest BCUT2D eigenvalue weighted by atomic mass is 19.4. The number of carboxylic acids is 1. The number of halogens is 3. The molecule has 0 amide bonds. The van der Waals surface area contributed by atoms with Gasteiger partial charge in [0.1, 0.15) is 30.6 Å². The van der Waals surface area contributed by atoms with Crippen molar-refractivity contribution in [1.29, 1.82) is 0 Å². The Bertz CT molecular complexity index is 1240. The quantitative estimate of drug-likeness (QED) is 0.218. The molecule has 0 saturated carbocycles. The Morgan fingerprint density at radius 1 is 1.22 bits per heavy atom. The van der Waals surface area contributed by atoms with Crippen LogP contribution in [0.3, 0.4) is 0 Å². The third-order valence-corrected chi connectivity index (χ3v) is 6.67. The first kappa shape index (κ1) is 30.2. The predicted octanol–water partition coefficient (Wildman–Crippen LogP) is 3.57. The number of aromatic nitrogens is 5. The Hall–Kier alpha value is -3.78. The van der Waals surface area contributed by atoms with Crippen molar-refractivity contribution < 1.29 is 27.8 Å². The summed E-state index contributed by atoms with van der Waals surface area (Å²) in [5, 5.41) is 20.2. The van der Waals surface area contributed by atoms with Gasteiger partial charge in [0, 0.05) is 43.8 Å². The molecule has 0 unspecified atom stereocenters. The SMILES string of the molecule is O=C(O)[C@H](CCN(CCCCc1ccc2c(n1)NCCC2)CCOCC(F)(F)F)Nc1cc(-n2cccn2)ncn1. The van der Waals surface area contributed by atoms with Gasteiger partial charge in [-0.2, -0.15) is 18.3 Å². The van der Waals surface area contributed by atoms with E-state index in [1.54, 1.807) is 24.5 Å². The fourth-order valence-electron chi connectivity index (χ4n) is 4.57. The molecule has 1 aliphatic heterocycles. The van der Waals surface area contributed by atoms with Gasteiger partial charge in [-0.25, -0.2) is 24.4 Å². The predicted molar refractivity (Wildman–Crippen MR) is 146 cm³/mol. The van der Waals surface area contributed by atoms with Crippen molar-refractivity contribution in [3.05, 3.63) is 54.2 Å². The van der Waals surface area contributed by atoms with Crippen molar-refractivity contribution >= 4 is 17.6 Å². The number of carboxylic acid groups (broad SMARTS) is 1. The smallest absolute Gasteiger partial charge is 0.411 e. The molecule has 3 aromatic rings. The Balaban J connectivity index is 1.30. The van der Waals surface area contributed by atoms with Crippen LogP contribution in [0.25, 0.3) is 5.82 Å². The number of hydrogen-bond donors (Lipinski definition) is 3. The minimum Gasteiger partial charge on any atom is -0.480 e. The Morgan fingerprint density at radius 3 is 2.88 bits per heavy atom. The zero-order valence-corrected chi connectivity index (χ0v) is 22.7. The molecule has 0 spiro atoms. The molecule has 1 aliphatic rings. The first-order valence-corrected chi connectivity index (χ1v) is 13.7. The molecule has 3 aromatic heterocycles. The number of hydrogen-bond acceptors (Lipinski definition) is 9. The molecule has 14 heteroatoms. The monoisotopic (exact) mass is 576 g/mol. The lowest BCUT2D eigenvalue weighted by atomic mass is 10.1. The highest BCUT2D eigenvalue weighted by Crippen LogP contribution is 2.20. The van der Waals surface area contributed by atoms with Crippen LogP contribution < -0.4 is 10.6 Å². The summed E-state index contributed by atoms with van der Waals surface area (Å²) in [7, 11) is 0. The number of aryl methyl sites for hydroxylation is 2. The molecule has 11 nitrogen and oxygen atoms in total. The highest BCUT2D eigenvalue weighted by Gasteiger charge is 2.27. The summed E-state index contributed by atoms with van der Waals surface area (Å²) in [5.74, 6) is 0.684. The lowest BCUT2D eigenvalue weighted by Gasteiger charge is -2.25. The molecular formula is C27H35F3N8O3. The number of pyridine rings is 1. The van der Waals surface area contributed by atoms with Crippen LogP contribution in [-0.4, -0.2) is 92.3 Å². The van der Waals surface area contributed by atoms with Crippen LogP contribution in [0, 0.1) is 0 Å². The third kappa shape index (κ3) is 9.97. The average Bonchev–Trinajstić information content (AvgIpc) is 3.50. The first-order valence-electron chi connectivity index (χ1n) is 13.7. The van der Waals surface area contributed by atoms with Crippen molar-refractivity contribution in [2.45, 2.75) is 50.7 Å². The molecule has 0 radical (unpaired) electrons. The normalized spacial score (nSPS) is 14.0. The molecule has 41 heavy (non-hydrogen) atoms. The van der Waals surface area contributed by atoms with Crippen molar-refractivity contribution in [2.75, 3.05) is 50.0 Å². The molecule has 4 rings (SSSR count). The summed E-state index contributed by atoms with van der Waals surface area (Å²) >= 11 is 0. The maximum atomic E-state index is 12.5. The largest absolute Gasteiger partial charge is 0.480 e. The number of carbonyl (C=O) groups is 1. The lowest BCUT2D eigenvalue weighted by molar-refractivity contribution is -0.174. The maximum absolute atomic E-state index is 12.5. The first-order chi connectivity index (χ1) is 19.8. The molecule has 4 heterocycles. The van der Waals surface area contributed by atoms with Gasteiger partial charge in [-0.1, -0.05) is 6.07 Å². The summed E-state index contributed by atoms with van der Waals surface area (Å²) in [6, 6.07) is 6.52. The van der Waals surface area contributed by atoms with Crippen LogP contribution in [0.5, 0.6) is 0 Å². The van der Waals surface area contributed by atoms with E-state index in [9.17, 15) is 23.1 Å². The van der Waals surface area contributed by atoms with Crippen LogP contribution in [0.15, 0.2) is 43.0 Å². The molecule has 222 valence electrons. The molecule has 0 saturated heterocycles. The molecule has 1 atom stereocenters. The van der Waals surface area contributed by atoms with E-state index in [2.05, 4.69) is 31.8 Å². The van der Waals surface area contributed by atoms with E-state index in [1.165, 1.54) is 16.6 Å². The van der Waals surface area contributed by atoms with E-state index in [0.717, 1.165) is 50.2 Å². The number of nitrogens with one attached hydrogen (secondary N) is 2. The molecule has 0 aliphatic carbocycles. The van der Waals surface area contributed by atoms with E-state index in [0.29, 0.717) is 24.7 Å². The summed E-state index contributed by atoms with van der Waals surface area (Å²) in [5.41, 5.74) is 2.22. The maximum Gasteiger partial charge on any atom is 0.411 e. The number of anilines is 2. The second kappa shape index (κ2) is 14.7. The number of rotatable bonds is 16. The van der Waals surface area contributed by atoms with Gasteiger partial charge in [-0.3, -0.25) is 0 Å². The topological polar surface area (TPSA) is 130 Å². The molecular weight excluding hydrogens is 541 g/mol. The van der Waals surface area contributed by atoms with E-state index >= 15 is 0 Å². The number of alkyl halides is 3. The summed E-state index contributed by atoms with van der Waals surface area (Å²) in [4.78, 5) is 26.9. The van der Waals surface area contributed by atoms with Crippen molar-refractivity contribution in [1.82, 2.24) is 29.6 Å². The summed E-state index contributed by atoms with van der Waals surface area (Å²) in [6.07, 6.45) is 4.94. The molecule has 0 fully saturated rings. The summed E-state index contributed by atoms with van der Waals surface area (Å²) < 4.78 is 43.9. The van der Waals surface area contributed by atoms with Crippen molar-refractivity contribution in [3.63, 3.8) is 0 Å². The van der Waals surface area contributed by atoms with E-state index in [4.69, 9.17) is 9.72 Å². The van der Waals surface area contributed by atoms with Crippen LogP contribution in [-0.2, 0) is 22.4 Å². The van der Waals surface area contributed by atoms with Crippen LogP contribution in [0.4, 0.5) is 24.8 Å². The number of nitrogens with zero attached hydrogens (tertiary/aromatic N) is 6. The van der Waals surface area contributed by atoms with Crippen LogP contribution in [0.2, 0.25) is 0 Å². The van der Waals surface area contributed by atoms with Crippen molar-refractivity contribution in [2.24, 2.45) is 0 Å². The zero-order valence-electron chi connectivity index (χ0n) is 22.7. The Morgan fingerprint density at radius 2 is 2.10 bits per heavy atom. The van der Waals surface area contributed by atoms with Gasteiger partial charge in [-0.05, 0) is 62.8 Å². The summed E-state index contributed by atoms with van der Waals surface area (Å²) in [6.45, 7) is 0.676. The minimum atomic E-state index is -4.40. The second-order valence-electron chi connectivity index (χ2n) is 9.84. The van der Waals surface area contributed by atoms with Gasteiger partial charge in [0.15, 0.2) is 5.82 Å². The Kier molecular flexibility index (Phi) is 10.8. The number of aliphatic carboxylic acids is 1. The third-order valence-electron chi connectivity index (χ3n) is 6.67. The standard InChI is InChI=1S/C27H35F3N8O3/c28-27(29,30)18-41-16-15-37(12-2-1-6-21-8-7-20-5-3-10-31-25(20)35-21)14-9-22(26(39)40)36-23-17-24(33-19-32-23)38-13-4-11-34-38/h4,7-8,11,13,17,19,22H,1-3,5-6,9-10,12,14-16,18H2,(H,31,35)(H,39,40)(H,32,33,36)/t22-/m0/s1. The molecule has 0 bridgehead atoms. The van der Waals surface area contributed by atoms with Gasteiger partial charge in [-0.15, -0.1) is 0 Å². The zero-order chi connectivity index (χ0) is 29.1. The van der Waals surface area contributed by atoms with Gasteiger partial charge in [0.2, 0.25) is 0 Å². The van der Waals surface area contributed by atoms with E-state index < -0.39 is 24.8 Å². The number of fused-ring (bicyclic) bond motifs is 1. The van der Waals surface area contributed by atoms with E-state index in [1.807, 2.05) is 11.0 Å².